The topological polar surface area (TPSA) is 92.6 Å². The number of H-pyrrole nitrogens is 1. The van der Waals surface area contributed by atoms with Gasteiger partial charge in [0, 0.05) is 6.20 Å². The number of amides is 1. The molecule has 24 heavy (non-hydrogen) atoms. The number of carbonyl (C=O) groups is 1. The highest BCUT2D eigenvalue weighted by Gasteiger charge is 2.34. The molecule has 1 aliphatic rings. The fourth-order valence-corrected chi connectivity index (χ4v) is 2.60. The van der Waals surface area contributed by atoms with E-state index in [9.17, 15) is 9.59 Å². The fourth-order valence-electron chi connectivity index (χ4n) is 2.60. The van der Waals surface area contributed by atoms with Gasteiger partial charge in [-0.15, -0.1) is 0 Å². The highest BCUT2D eigenvalue weighted by atomic mass is 16.5. The van der Waals surface area contributed by atoms with Crippen LogP contribution in [0.15, 0.2) is 41.6 Å². The number of likely N-dealkylation sites (tertiary alicyclic amines) is 1. The van der Waals surface area contributed by atoms with Crippen molar-refractivity contribution in [1.29, 1.82) is 0 Å². The molecule has 8 heteroatoms. The lowest BCUT2D eigenvalue weighted by atomic mass is 10.1. The molecule has 1 aromatic carbocycles. The molecular weight excluding hydrogens is 310 g/mol. The lowest BCUT2D eigenvalue weighted by molar-refractivity contribution is 0.0176. The van der Waals surface area contributed by atoms with Crippen LogP contribution in [0.3, 0.4) is 0 Å². The third-order valence-corrected chi connectivity index (χ3v) is 4.00. The van der Waals surface area contributed by atoms with Gasteiger partial charge in [0.05, 0.1) is 13.1 Å². The van der Waals surface area contributed by atoms with E-state index in [2.05, 4.69) is 15.1 Å². The Hall–Kier alpha value is -3.16. The normalized spacial score (nSPS) is 14.6. The van der Waals surface area contributed by atoms with Crippen molar-refractivity contribution in [2.45, 2.75) is 13.0 Å². The fraction of sp³-hybridized carbons (Fsp3) is 0.250. The zero-order chi connectivity index (χ0) is 16.7. The quantitative estimate of drug-likeness (QED) is 0.762. The van der Waals surface area contributed by atoms with Crippen LogP contribution in [-0.4, -0.2) is 49.6 Å². The summed E-state index contributed by atoms with van der Waals surface area (Å²) in [6.45, 7) is 2.90. The second kappa shape index (κ2) is 5.48. The molecule has 1 saturated heterocycles. The van der Waals surface area contributed by atoms with E-state index in [-0.39, 0.29) is 23.4 Å². The lowest BCUT2D eigenvalue weighted by Gasteiger charge is -2.38. The molecule has 0 radical (unpaired) electrons. The molecule has 0 saturated carbocycles. The number of benzene rings is 1. The van der Waals surface area contributed by atoms with Gasteiger partial charge in [-0.25, -0.2) is 9.97 Å². The smallest absolute Gasteiger partial charge is 0.286 e. The zero-order valence-corrected chi connectivity index (χ0v) is 13.0. The van der Waals surface area contributed by atoms with Crippen LogP contribution >= 0.6 is 0 Å². The number of carbonyl (C=O) groups excluding carboxylic acids is 1. The Balaban J connectivity index is 1.44. The first kappa shape index (κ1) is 14.4. The molecule has 4 rings (SSSR count). The summed E-state index contributed by atoms with van der Waals surface area (Å²) in [4.78, 5) is 34.1. The number of fused-ring (bicyclic) bond motifs is 1. The van der Waals surface area contributed by atoms with Crippen molar-refractivity contribution >= 4 is 11.7 Å². The van der Waals surface area contributed by atoms with Crippen molar-refractivity contribution in [2.75, 3.05) is 13.1 Å². The molecule has 0 aliphatic carbocycles. The van der Waals surface area contributed by atoms with E-state index in [1.165, 1.54) is 12.5 Å². The van der Waals surface area contributed by atoms with Gasteiger partial charge in [-0.1, -0.05) is 17.7 Å². The van der Waals surface area contributed by atoms with E-state index in [0.29, 0.717) is 13.1 Å². The predicted molar refractivity (Wildman–Crippen MR) is 85.1 cm³/mol. The molecule has 3 aromatic rings. The number of aromatic nitrogens is 4. The molecule has 2 aromatic heterocycles. The Morgan fingerprint density at radius 3 is 2.75 bits per heavy atom. The standard InChI is InChI=1S/C16H15N5O3/c1-10-2-4-11(5-3-10)24-12-7-20(8-12)14(22)13-6-17-16-18-9-19-21(16)15(13)23/h2-6,9,12H,7-8H2,1H3,(H,17,18,19). The molecule has 122 valence electrons. The molecule has 1 fully saturated rings. The van der Waals surface area contributed by atoms with Crippen molar-refractivity contribution in [2.24, 2.45) is 0 Å². The maximum absolute atomic E-state index is 12.4. The van der Waals surface area contributed by atoms with Crippen LogP contribution in [0.2, 0.25) is 0 Å². The Kier molecular flexibility index (Phi) is 3.30. The van der Waals surface area contributed by atoms with Crippen LogP contribution in [0.4, 0.5) is 0 Å². The monoisotopic (exact) mass is 325 g/mol. The minimum absolute atomic E-state index is 0.0190. The van der Waals surface area contributed by atoms with E-state index in [1.807, 2.05) is 31.2 Å². The molecule has 8 nitrogen and oxygen atoms in total. The average molecular weight is 325 g/mol. The molecule has 0 atom stereocenters. The van der Waals surface area contributed by atoms with E-state index >= 15 is 0 Å². The van der Waals surface area contributed by atoms with Crippen molar-refractivity contribution in [3.8, 4) is 5.75 Å². The van der Waals surface area contributed by atoms with Gasteiger partial charge in [0.1, 0.15) is 23.7 Å². The number of nitrogens with one attached hydrogen (secondary N) is 1. The average Bonchev–Trinajstić information content (AvgIpc) is 3.01. The number of hydrogen-bond donors (Lipinski definition) is 1. The first-order valence-corrected chi connectivity index (χ1v) is 7.55. The molecular formula is C16H15N5O3. The van der Waals surface area contributed by atoms with Crippen molar-refractivity contribution in [3.05, 3.63) is 58.3 Å². The highest BCUT2D eigenvalue weighted by Crippen LogP contribution is 2.19. The molecule has 0 spiro atoms. The Bertz CT molecular complexity index is 954. The summed E-state index contributed by atoms with van der Waals surface area (Å²) >= 11 is 0. The number of nitrogens with zero attached hydrogens (tertiary/aromatic N) is 4. The van der Waals surface area contributed by atoms with Crippen LogP contribution in [0, 0.1) is 6.92 Å². The summed E-state index contributed by atoms with van der Waals surface area (Å²) in [5, 5.41) is 2.64. The van der Waals surface area contributed by atoms with Crippen molar-refractivity contribution < 1.29 is 9.53 Å². The van der Waals surface area contributed by atoms with Crippen LogP contribution in [0.25, 0.3) is 5.78 Å². The first-order valence-electron chi connectivity index (χ1n) is 7.55. The number of aryl methyl sites for hydroxylation is 1. The minimum atomic E-state index is -0.453. The summed E-state index contributed by atoms with van der Waals surface area (Å²) in [6, 6.07) is 7.76. The van der Waals surface area contributed by atoms with Gasteiger partial charge in [0.15, 0.2) is 0 Å². The van der Waals surface area contributed by atoms with Gasteiger partial charge in [0.2, 0.25) is 0 Å². The molecule has 3 heterocycles. The number of aromatic amines is 1. The Morgan fingerprint density at radius 2 is 2.00 bits per heavy atom. The van der Waals surface area contributed by atoms with E-state index in [0.717, 1.165) is 15.8 Å². The summed E-state index contributed by atoms with van der Waals surface area (Å²) in [5.41, 5.74) is 0.728. The van der Waals surface area contributed by atoms with Crippen LogP contribution < -0.4 is 10.3 Å². The maximum atomic E-state index is 12.4. The van der Waals surface area contributed by atoms with Crippen LogP contribution in [-0.2, 0) is 0 Å². The summed E-state index contributed by atoms with van der Waals surface area (Å²) in [6.07, 6.45) is 2.56. The number of hydrogen-bond acceptors (Lipinski definition) is 5. The number of ether oxygens (including phenoxy) is 1. The van der Waals surface area contributed by atoms with Gasteiger partial charge >= 0.3 is 0 Å². The largest absolute Gasteiger partial charge is 0.487 e. The number of rotatable bonds is 3. The van der Waals surface area contributed by atoms with Crippen LogP contribution in [0.5, 0.6) is 5.75 Å². The van der Waals surface area contributed by atoms with Gasteiger partial charge in [-0.3, -0.25) is 14.7 Å². The van der Waals surface area contributed by atoms with E-state index < -0.39 is 5.56 Å². The molecule has 1 amide bonds. The summed E-state index contributed by atoms with van der Waals surface area (Å²) < 4.78 is 6.95. The predicted octanol–water partition coefficient (Wildman–Crippen LogP) is 0.629. The third-order valence-electron chi connectivity index (χ3n) is 4.00. The molecule has 0 unspecified atom stereocenters. The van der Waals surface area contributed by atoms with Gasteiger partial charge < -0.3 is 9.64 Å². The van der Waals surface area contributed by atoms with Crippen molar-refractivity contribution in [3.63, 3.8) is 0 Å². The van der Waals surface area contributed by atoms with Gasteiger partial charge in [0.25, 0.3) is 17.2 Å². The summed E-state index contributed by atoms with van der Waals surface area (Å²) in [7, 11) is 0. The highest BCUT2D eigenvalue weighted by molar-refractivity contribution is 5.94. The second-order valence-corrected chi connectivity index (χ2v) is 5.76. The maximum Gasteiger partial charge on any atom is 0.286 e. The lowest BCUT2D eigenvalue weighted by Crippen LogP contribution is -2.57. The Labute approximate surface area is 136 Å². The summed E-state index contributed by atoms with van der Waals surface area (Å²) in [5.74, 6) is 0.666. The first-order chi connectivity index (χ1) is 11.6. The molecule has 0 bridgehead atoms. The zero-order valence-electron chi connectivity index (χ0n) is 13.0. The Morgan fingerprint density at radius 1 is 1.25 bits per heavy atom. The van der Waals surface area contributed by atoms with E-state index in [1.54, 1.807) is 4.90 Å². The van der Waals surface area contributed by atoms with Crippen molar-refractivity contribution in [1.82, 2.24) is 24.5 Å². The van der Waals surface area contributed by atoms with Crippen LogP contribution in [0.1, 0.15) is 15.9 Å². The molecule has 1 aliphatic heterocycles. The minimum Gasteiger partial charge on any atom is -0.487 e. The SMILES string of the molecule is Cc1ccc(OC2CN(C(=O)c3cnc4nc[nH]n4c3=O)C2)cc1. The third kappa shape index (κ3) is 2.41. The second-order valence-electron chi connectivity index (χ2n) is 5.76. The van der Waals surface area contributed by atoms with E-state index in [4.69, 9.17) is 4.74 Å². The molecule has 1 N–H and O–H groups in total. The van der Waals surface area contributed by atoms with Gasteiger partial charge in [-0.2, -0.15) is 4.52 Å². The van der Waals surface area contributed by atoms with Gasteiger partial charge in [-0.05, 0) is 19.1 Å².